The zero-order chi connectivity index (χ0) is 21.6. The summed E-state index contributed by atoms with van der Waals surface area (Å²) in [4.78, 5) is 24.7. The van der Waals surface area contributed by atoms with Gasteiger partial charge in [0, 0.05) is 5.69 Å². The summed E-state index contributed by atoms with van der Waals surface area (Å²) in [6, 6.07) is 11.8. The van der Waals surface area contributed by atoms with E-state index in [1.807, 2.05) is 0 Å². The van der Waals surface area contributed by atoms with Crippen LogP contribution < -0.4 is 9.62 Å². The van der Waals surface area contributed by atoms with Crippen molar-refractivity contribution >= 4 is 44.9 Å². The van der Waals surface area contributed by atoms with Crippen molar-refractivity contribution in [1.29, 1.82) is 0 Å². The summed E-state index contributed by atoms with van der Waals surface area (Å²) in [6.45, 7) is 3.63. The minimum absolute atomic E-state index is 0.123. The third kappa shape index (κ3) is 5.71. The van der Waals surface area contributed by atoms with Crippen LogP contribution >= 0.6 is 11.6 Å². The second-order valence-corrected chi connectivity index (χ2v) is 8.49. The van der Waals surface area contributed by atoms with E-state index in [-0.39, 0.29) is 23.6 Å². The Morgan fingerprint density at radius 3 is 2.31 bits per heavy atom. The van der Waals surface area contributed by atoms with Crippen molar-refractivity contribution < 1.29 is 22.7 Å². The molecule has 0 radical (unpaired) electrons. The molecule has 0 fully saturated rings. The number of anilines is 2. The lowest BCUT2D eigenvalue weighted by atomic mass is 10.1. The summed E-state index contributed by atoms with van der Waals surface area (Å²) in [5.74, 6) is -1.07. The van der Waals surface area contributed by atoms with Crippen molar-refractivity contribution in [2.45, 2.75) is 26.3 Å². The molecule has 29 heavy (non-hydrogen) atoms. The maximum Gasteiger partial charge on any atom is 0.339 e. The number of carbonyl (C=O) groups excluding carboxylic acids is 2. The van der Waals surface area contributed by atoms with E-state index in [0.717, 1.165) is 10.6 Å². The molecule has 0 heterocycles. The van der Waals surface area contributed by atoms with Crippen LogP contribution in [0.5, 0.6) is 0 Å². The number of sulfonamides is 1. The minimum atomic E-state index is -3.71. The summed E-state index contributed by atoms with van der Waals surface area (Å²) >= 11 is 6.13. The van der Waals surface area contributed by atoms with Crippen molar-refractivity contribution in [1.82, 2.24) is 0 Å². The monoisotopic (exact) mass is 438 g/mol. The first kappa shape index (κ1) is 22.7. The minimum Gasteiger partial charge on any atom is -0.462 e. The largest absolute Gasteiger partial charge is 0.462 e. The number of hydrogen-bond acceptors (Lipinski definition) is 5. The molecule has 0 saturated heterocycles. The fourth-order valence-corrected chi connectivity index (χ4v) is 4.30. The fourth-order valence-electron chi connectivity index (χ4n) is 2.83. The molecule has 0 saturated carbocycles. The molecular formula is C20H23ClN2O5S. The van der Waals surface area contributed by atoms with Gasteiger partial charge < -0.3 is 10.1 Å². The smallest absolute Gasteiger partial charge is 0.339 e. The number of halogens is 1. The predicted molar refractivity (Wildman–Crippen MR) is 114 cm³/mol. The van der Waals surface area contributed by atoms with Crippen molar-refractivity contribution in [3.05, 3.63) is 59.1 Å². The highest BCUT2D eigenvalue weighted by molar-refractivity contribution is 7.92. The molecule has 156 valence electrons. The summed E-state index contributed by atoms with van der Waals surface area (Å²) < 4.78 is 30.8. The van der Waals surface area contributed by atoms with E-state index in [9.17, 15) is 18.0 Å². The molecule has 1 amide bonds. The Hall–Kier alpha value is -2.58. The van der Waals surface area contributed by atoms with E-state index in [1.54, 1.807) is 44.2 Å². The van der Waals surface area contributed by atoms with E-state index in [2.05, 4.69) is 5.32 Å². The fraction of sp³-hybridized carbons (Fsp3) is 0.300. The predicted octanol–water partition coefficient (Wildman–Crippen LogP) is 3.70. The van der Waals surface area contributed by atoms with Crippen LogP contribution in [0.25, 0.3) is 0 Å². The number of nitrogens with zero attached hydrogens (tertiary/aromatic N) is 1. The zero-order valence-corrected chi connectivity index (χ0v) is 18.0. The number of amides is 1. The van der Waals surface area contributed by atoms with Gasteiger partial charge in [0.05, 0.1) is 29.1 Å². The van der Waals surface area contributed by atoms with Gasteiger partial charge in [-0.25, -0.2) is 13.2 Å². The van der Waals surface area contributed by atoms with Gasteiger partial charge in [0.1, 0.15) is 6.04 Å². The number of nitrogens with one attached hydrogen (secondary N) is 1. The van der Waals surface area contributed by atoms with E-state index in [4.69, 9.17) is 16.3 Å². The Balaban J connectivity index is 2.29. The van der Waals surface area contributed by atoms with Crippen LogP contribution in [0.2, 0.25) is 5.02 Å². The summed E-state index contributed by atoms with van der Waals surface area (Å²) in [7, 11) is -3.71. The average molecular weight is 439 g/mol. The molecule has 2 aromatic rings. The van der Waals surface area contributed by atoms with Gasteiger partial charge >= 0.3 is 5.97 Å². The topological polar surface area (TPSA) is 92.8 Å². The van der Waals surface area contributed by atoms with Gasteiger partial charge in [-0.1, -0.05) is 36.7 Å². The molecule has 0 aliphatic heterocycles. The number of benzene rings is 2. The van der Waals surface area contributed by atoms with Gasteiger partial charge in [-0.05, 0) is 43.7 Å². The van der Waals surface area contributed by atoms with Crippen LogP contribution in [0.3, 0.4) is 0 Å². The molecule has 9 heteroatoms. The van der Waals surface area contributed by atoms with Crippen molar-refractivity contribution in [2.75, 3.05) is 22.5 Å². The molecule has 0 unspecified atom stereocenters. The molecule has 7 nitrogen and oxygen atoms in total. The van der Waals surface area contributed by atoms with Gasteiger partial charge in [0.2, 0.25) is 15.9 Å². The van der Waals surface area contributed by atoms with Crippen molar-refractivity contribution in [3.63, 3.8) is 0 Å². The standard InChI is InChI=1S/C20H23ClN2O5S/c1-4-18(23(29(3,26)27)15-9-7-6-8-10-15)19(24)22-14-11-12-16(17(21)13-14)20(25)28-5-2/h6-13,18H,4-5H2,1-3H3,(H,22,24)/t18-/m0/s1. The van der Waals surface area contributed by atoms with Crippen LogP contribution in [0.1, 0.15) is 30.6 Å². The normalized spacial score (nSPS) is 12.1. The number of esters is 1. The Labute approximate surface area is 175 Å². The second kappa shape index (κ2) is 9.76. The number of carbonyl (C=O) groups is 2. The molecule has 0 aromatic heterocycles. The first-order valence-electron chi connectivity index (χ1n) is 9.01. The van der Waals surface area contributed by atoms with Gasteiger partial charge in [-0.3, -0.25) is 9.10 Å². The lowest BCUT2D eigenvalue weighted by Gasteiger charge is -2.30. The maximum atomic E-state index is 12.9. The lowest BCUT2D eigenvalue weighted by Crippen LogP contribution is -2.46. The molecular weight excluding hydrogens is 416 g/mol. The van der Waals surface area contributed by atoms with Crippen LogP contribution in [-0.4, -0.2) is 39.2 Å². The van der Waals surface area contributed by atoms with Gasteiger partial charge in [-0.15, -0.1) is 0 Å². The third-order valence-electron chi connectivity index (χ3n) is 4.07. The Morgan fingerprint density at radius 2 is 1.79 bits per heavy atom. The summed E-state index contributed by atoms with van der Waals surface area (Å²) in [5, 5.41) is 2.80. The highest BCUT2D eigenvalue weighted by atomic mass is 35.5. The van der Waals surface area contributed by atoms with E-state index >= 15 is 0 Å². The molecule has 1 N–H and O–H groups in total. The first-order valence-corrected chi connectivity index (χ1v) is 11.2. The van der Waals surface area contributed by atoms with Gasteiger partial charge in [0.25, 0.3) is 0 Å². The van der Waals surface area contributed by atoms with Crippen LogP contribution in [0.4, 0.5) is 11.4 Å². The van der Waals surface area contributed by atoms with E-state index in [0.29, 0.717) is 11.4 Å². The van der Waals surface area contributed by atoms with E-state index in [1.165, 1.54) is 18.2 Å². The first-order chi connectivity index (χ1) is 13.7. The highest BCUT2D eigenvalue weighted by Crippen LogP contribution is 2.25. The van der Waals surface area contributed by atoms with Crippen LogP contribution in [0, 0.1) is 0 Å². The molecule has 0 aliphatic rings. The summed E-state index contributed by atoms with van der Waals surface area (Å²) in [6.07, 6.45) is 1.31. The molecule has 0 bridgehead atoms. The Kier molecular flexibility index (Phi) is 7.64. The zero-order valence-electron chi connectivity index (χ0n) is 16.4. The SMILES string of the molecule is CCOC(=O)c1ccc(NC(=O)[C@H](CC)N(c2ccccc2)S(C)(=O)=O)cc1Cl. The third-order valence-corrected chi connectivity index (χ3v) is 5.56. The van der Waals surface area contributed by atoms with Gasteiger partial charge in [-0.2, -0.15) is 0 Å². The molecule has 0 aliphatic carbocycles. The molecule has 2 rings (SSSR count). The van der Waals surface area contributed by atoms with Crippen molar-refractivity contribution in [3.8, 4) is 0 Å². The number of hydrogen-bond donors (Lipinski definition) is 1. The van der Waals surface area contributed by atoms with Crippen LogP contribution in [0.15, 0.2) is 48.5 Å². The Morgan fingerprint density at radius 1 is 1.14 bits per heavy atom. The van der Waals surface area contributed by atoms with Gasteiger partial charge in [0.15, 0.2) is 0 Å². The molecule has 2 aromatic carbocycles. The van der Waals surface area contributed by atoms with Crippen molar-refractivity contribution in [2.24, 2.45) is 0 Å². The lowest BCUT2D eigenvalue weighted by molar-refractivity contribution is -0.117. The number of ether oxygens (including phenoxy) is 1. The maximum absolute atomic E-state index is 12.9. The molecule has 1 atom stereocenters. The molecule has 0 spiro atoms. The average Bonchev–Trinajstić information content (AvgIpc) is 2.65. The second-order valence-electron chi connectivity index (χ2n) is 6.22. The number of para-hydroxylation sites is 1. The highest BCUT2D eigenvalue weighted by Gasteiger charge is 2.31. The van der Waals surface area contributed by atoms with E-state index < -0.39 is 27.9 Å². The summed E-state index contributed by atoms with van der Waals surface area (Å²) in [5.41, 5.74) is 0.918. The number of rotatable bonds is 8. The Bertz CT molecular complexity index is 980. The van der Waals surface area contributed by atoms with Crippen LogP contribution in [-0.2, 0) is 19.6 Å². The quantitative estimate of drug-likeness (QED) is 0.634.